The molecule has 0 saturated heterocycles. The van der Waals surface area contributed by atoms with Crippen LogP contribution in [0.2, 0.25) is 14.8 Å². The summed E-state index contributed by atoms with van der Waals surface area (Å²) in [6, 6.07) is 0. The second-order valence-corrected chi connectivity index (χ2v) is 18.5. The van der Waals surface area contributed by atoms with Crippen LogP contribution in [0.1, 0.15) is 6.92 Å². The summed E-state index contributed by atoms with van der Waals surface area (Å²) >= 11 is -2.65. The second-order valence-electron chi connectivity index (χ2n) is 4.23. The van der Waals surface area contributed by atoms with Gasteiger partial charge in [-0.2, -0.15) is 0 Å². The SMILES string of the molecule is COC(=O)/C(C)=[C](\C(=O)OC)[Sn]([CH3])([CH3])[CH3]. The molecule has 0 unspecified atom stereocenters. The first kappa shape index (κ1) is 14.5. The van der Waals surface area contributed by atoms with E-state index in [0.29, 0.717) is 9.16 Å². The van der Waals surface area contributed by atoms with E-state index in [1.165, 1.54) is 14.2 Å². The molecule has 0 atom stereocenters. The molecule has 0 bridgehead atoms. The van der Waals surface area contributed by atoms with Crippen LogP contribution in [0.15, 0.2) is 9.16 Å². The van der Waals surface area contributed by atoms with Crippen LogP contribution in [-0.2, 0) is 19.1 Å². The van der Waals surface area contributed by atoms with Gasteiger partial charge < -0.3 is 0 Å². The molecule has 0 amide bonds. The molecule has 0 aromatic rings. The first-order chi connectivity index (χ1) is 6.75. The molecule has 0 aliphatic rings. The predicted molar refractivity (Wildman–Crippen MR) is 60.1 cm³/mol. The van der Waals surface area contributed by atoms with E-state index < -0.39 is 30.3 Å². The van der Waals surface area contributed by atoms with Gasteiger partial charge in [0.15, 0.2) is 0 Å². The van der Waals surface area contributed by atoms with Gasteiger partial charge in [0.05, 0.1) is 0 Å². The van der Waals surface area contributed by atoms with E-state index in [1.807, 2.05) is 14.8 Å². The average Bonchev–Trinajstić information content (AvgIpc) is 2.14. The van der Waals surface area contributed by atoms with Crippen molar-refractivity contribution in [2.24, 2.45) is 0 Å². The fraction of sp³-hybridized carbons (Fsp3) is 0.600. The van der Waals surface area contributed by atoms with Crippen molar-refractivity contribution in [3.05, 3.63) is 9.16 Å². The molecule has 0 heterocycles. The number of esters is 2. The van der Waals surface area contributed by atoms with Crippen molar-refractivity contribution in [2.75, 3.05) is 14.2 Å². The van der Waals surface area contributed by atoms with E-state index in [4.69, 9.17) is 4.74 Å². The number of methoxy groups -OCH3 is 2. The third kappa shape index (κ3) is 3.85. The third-order valence-corrected chi connectivity index (χ3v) is 7.94. The fourth-order valence-electron chi connectivity index (χ4n) is 1.38. The Balaban J connectivity index is 5.46. The molecule has 0 N–H and O–H groups in total. The van der Waals surface area contributed by atoms with Crippen molar-refractivity contribution >= 4 is 30.3 Å². The first-order valence-electron chi connectivity index (χ1n) is 4.63. The molecule has 86 valence electrons. The van der Waals surface area contributed by atoms with Crippen molar-refractivity contribution in [3.8, 4) is 0 Å². The minimum absolute atomic E-state index is 0.382. The Morgan fingerprint density at radius 2 is 1.33 bits per heavy atom. The van der Waals surface area contributed by atoms with Crippen molar-refractivity contribution in [2.45, 2.75) is 21.7 Å². The molecule has 15 heavy (non-hydrogen) atoms. The molecule has 0 aliphatic heterocycles. The maximum atomic E-state index is 11.6. The summed E-state index contributed by atoms with van der Waals surface area (Å²) < 4.78 is 9.87. The van der Waals surface area contributed by atoms with Crippen LogP contribution >= 0.6 is 0 Å². The molecule has 0 fully saturated rings. The quantitative estimate of drug-likeness (QED) is 0.449. The Kier molecular flexibility index (Phi) is 5.34. The van der Waals surface area contributed by atoms with E-state index in [-0.39, 0.29) is 0 Å². The van der Waals surface area contributed by atoms with Gasteiger partial charge in [-0.25, -0.2) is 0 Å². The zero-order valence-corrected chi connectivity index (χ0v) is 13.0. The Morgan fingerprint density at radius 3 is 1.60 bits per heavy atom. The zero-order chi connectivity index (χ0) is 12.2. The molecule has 0 radical (unpaired) electrons. The van der Waals surface area contributed by atoms with E-state index in [2.05, 4.69) is 4.74 Å². The molecule has 0 aromatic carbocycles. The predicted octanol–water partition coefficient (Wildman–Crippen LogP) is 1.53. The number of rotatable bonds is 3. The Labute approximate surface area is 94.5 Å². The monoisotopic (exact) mass is 322 g/mol. The molecule has 0 saturated carbocycles. The summed E-state index contributed by atoms with van der Waals surface area (Å²) in [7, 11) is 2.63. The van der Waals surface area contributed by atoms with Gasteiger partial charge in [-0.05, 0) is 0 Å². The number of hydrogen-bond donors (Lipinski definition) is 0. The molecule has 0 aromatic heterocycles. The Bertz CT molecular complexity index is 299. The van der Waals surface area contributed by atoms with Crippen molar-refractivity contribution in [3.63, 3.8) is 0 Å². The van der Waals surface area contributed by atoms with Gasteiger partial charge in [0.25, 0.3) is 0 Å². The molecule has 5 heteroatoms. The van der Waals surface area contributed by atoms with E-state index >= 15 is 0 Å². The van der Waals surface area contributed by atoms with Crippen LogP contribution in [0.4, 0.5) is 0 Å². The van der Waals surface area contributed by atoms with Crippen LogP contribution < -0.4 is 0 Å². The summed E-state index contributed by atoms with van der Waals surface area (Å²) in [4.78, 5) is 29.1. The summed E-state index contributed by atoms with van der Waals surface area (Å²) in [5.41, 5.74) is 0.382. The van der Waals surface area contributed by atoms with Crippen molar-refractivity contribution in [1.29, 1.82) is 0 Å². The molecule has 0 spiro atoms. The van der Waals surface area contributed by atoms with Gasteiger partial charge in [-0.1, -0.05) is 0 Å². The van der Waals surface area contributed by atoms with Crippen LogP contribution in [-0.4, -0.2) is 44.5 Å². The molecular formula is C10H18O4Sn. The van der Waals surface area contributed by atoms with Crippen LogP contribution in [0.3, 0.4) is 0 Å². The first-order valence-corrected chi connectivity index (χ1v) is 14.6. The van der Waals surface area contributed by atoms with Gasteiger partial charge >= 0.3 is 94.5 Å². The Hall–Kier alpha value is -0.521. The van der Waals surface area contributed by atoms with E-state index in [9.17, 15) is 9.59 Å². The van der Waals surface area contributed by atoms with Gasteiger partial charge in [0.2, 0.25) is 0 Å². The second kappa shape index (κ2) is 5.53. The third-order valence-electron chi connectivity index (χ3n) is 2.01. The normalized spacial score (nSPS) is 12.9. The van der Waals surface area contributed by atoms with Gasteiger partial charge in [0, 0.05) is 0 Å². The molecule has 0 rings (SSSR count). The number of carbonyl (C=O) groups is 2. The number of ether oxygens (including phenoxy) is 2. The standard InChI is InChI=1S/C7H9O4.3CH3.Sn/c1-5(7(9)11-3)4-6(8)10-2;;;;/h1-3H3;3*1H3;. The van der Waals surface area contributed by atoms with Crippen LogP contribution in [0.5, 0.6) is 0 Å². The van der Waals surface area contributed by atoms with E-state index in [0.717, 1.165) is 0 Å². The van der Waals surface area contributed by atoms with Crippen LogP contribution in [0.25, 0.3) is 0 Å². The molecule has 0 aliphatic carbocycles. The summed E-state index contributed by atoms with van der Waals surface area (Å²) in [6.07, 6.45) is 0. The zero-order valence-electron chi connectivity index (χ0n) is 10.1. The van der Waals surface area contributed by atoms with Gasteiger partial charge in [-0.15, -0.1) is 0 Å². The van der Waals surface area contributed by atoms with Crippen molar-refractivity contribution in [1.82, 2.24) is 0 Å². The van der Waals surface area contributed by atoms with E-state index in [1.54, 1.807) is 6.92 Å². The summed E-state index contributed by atoms with van der Waals surface area (Å²) in [5.74, 6) is -0.858. The molecule has 4 nitrogen and oxygen atoms in total. The average molecular weight is 321 g/mol. The van der Waals surface area contributed by atoms with Gasteiger partial charge in [-0.3, -0.25) is 0 Å². The fourth-order valence-corrected chi connectivity index (χ4v) is 6.92. The maximum absolute atomic E-state index is 11.6. The minimum atomic E-state index is -2.65. The Morgan fingerprint density at radius 1 is 0.933 bits per heavy atom. The summed E-state index contributed by atoms with van der Waals surface area (Å²) in [6.45, 7) is 1.61. The van der Waals surface area contributed by atoms with Gasteiger partial charge in [0.1, 0.15) is 0 Å². The van der Waals surface area contributed by atoms with Crippen molar-refractivity contribution < 1.29 is 19.1 Å². The topological polar surface area (TPSA) is 52.6 Å². The number of hydrogen-bond acceptors (Lipinski definition) is 4. The molecular weight excluding hydrogens is 303 g/mol. The van der Waals surface area contributed by atoms with Crippen LogP contribution in [0, 0.1) is 0 Å². The summed E-state index contributed by atoms with van der Waals surface area (Å²) in [5, 5.41) is 0. The number of carbonyl (C=O) groups excluding carboxylic acids is 2.